The first-order valence-corrected chi connectivity index (χ1v) is 6.38. The molecule has 1 atom stereocenters. The second kappa shape index (κ2) is 6.20. The summed E-state index contributed by atoms with van der Waals surface area (Å²) in [4.78, 5) is 2.95. The van der Waals surface area contributed by atoms with Crippen molar-refractivity contribution in [1.29, 1.82) is 0 Å². The molecule has 0 fully saturated rings. The van der Waals surface area contributed by atoms with Crippen molar-refractivity contribution in [2.45, 2.75) is 52.6 Å². The maximum Gasteiger partial charge on any atom is 0.0302 e. The van der Waals surface area contributed by atoms with E-state index in [0.29, 0.717) is 6.04 Å². The maximum absolute atomic E-state index is 3.55. The van der Waals surface area contributed by atoms with E-state index < -0.39 is 0 Å². The van der Waals surface area contributed by atoms with E-state index in [2.05, 4.69) is 38.2 Å². The highest BCUT2D eigenvalue weighted by Gasteiger charge is 2.01. The largest absolute Gasteiger partial charge is 0.309 e. The van der Waals surface area contributed by atoms with Gasteiger partial charge in [-0.1, -0.05) is 20.3 Å². The van der Waals surface area contributed by atoms with Gasteiger partial charge >= 0.3 is 0 Å². The Balaban J connectivity index is 2.30. The van der Waals surface area contributed by atoms with Crippen LogP contribution in [-0.2, 0) is 13.0 Å². The Bertz CT molecular complexity index is 255. The van der Waals surface area contributed by atoms with Gasteiger partial charge in [0.2, 0.25) is 0 Å². The van der Waals surface area contributed by atoms with Gasteiger partial charge in [0.25, 0.3) is 0 Å². The van der Waals surface area contributed by atoms with Gasteiger partial charge in [-0.25, -0.2) is 0 Å². The fourth-order valence-electron chi connectivity index (χ4n) is 1.52. The molecule has 0 aromatic carbocycles. The standard InChI is InChI=1S/C12H21NS/c1-4-6-10(3)13-9-12-8-7-11(5-2)14-12/h7-8,10,13H,4-6,9H2,1-3H3. The molecule has 1 unspecified atom stereocenters. The van der Waals surface area contributed by atoms with Crippen LogP contribution in [0.15, 0.2) is 12.1 Å². The van der Waals surface area contributed by atoms with E-state index in [4.69, 9.17) is 0 Å². The van der Waals surface area contributed by atoms with Crippen LogP contribution >= 0.6 is 11.3 Å². The van der Waals surface area contributed by atoms with Crippen molar-refractivity contribution in [1.82, 2.24) is 5.32 Å². The van der Waals surface area contributed by atoms with E-state index in [1.807, 2.05) is 11.3 Å². The molecular formula is C12H21NS. The molecular weight excluding hydrogens is 190 g/mol. The number of thiophene rings is 1. The van der Waals surface area contributed by atoms with Gasteiger partial charge in [-0.05, 0) is 31.9 Å². The van der Waals surface area contributed by atoms with Crippen molar-refractivity contribution < 1.29 is 0 Å². The summed E-state index contributed by atoms with van der Waals surface area (Å²) in [7, 11) is 0. The van der Waals surface area contributed by atoms with E-state index in [9.17, 15) is 0 Å². The highest BCUT2D eigenvalue weighted by atomic mass is 32.1. The molecule has 1 nitrogen and oxygen atoms in total. The minimum Gasteiger partial charge on any atom is -0.309 e. The molecule has 0 aliphatic carbocycles. The molecule has 0 saturated carbocycles. The van der Waals surface area contributed by atoms with Crippen LogP contribution in [0.2, 0.25) is 0 Å². The summed E-state index contributed by atoms with van der Waals surface area (Å²) in [5.41, 5.74) is 0. The van der Waals surface area contributed by atoms with Gasteiger partial charge < -0.3 is 5.32 Å². The number of hydrogen-bond acceptors (Lipinski definition) is 2. The number of hydrogen-bond donors (Lipinski definition) is 1. The minimum absolute atomic E-state index is 0.646. The molecule has 0 radical (unpaired) electrons. The van der Waals surface area contributed by atoms with E-state index in [-0.39, 0.29) is 0 Å². The second-order valence-electron chi connectivity index (χ2n) is 3.79. The van der Waals surface area contributed by atoms with Crippen molar-refractivity contribution in [2.24, 2.45) is 0 Å². The van der Waals surface area contributed by atoms with E-state index in [0.717, 1.165) is 13.0 Å². The molecule has 0 spiro atoms. The quantitative estimate of drug-likeness (QED) is 0.758. The summed E-state index contributed by atoms with van der Waals surface area (Å²) >= 11 is 1.93. The Labute approximate surface area is 91.5 Å². The Morgan fingerprint density at radius 1 is 1.29 bits per heavy atom. The molecule has 14 heavy (non-hydrogen) atoms. The van der Waals surface area contributed by atoms with Crippen molar-refractivity contribution in [3.05, 3.63) is 21.9 Å². The Kier molecular flexibility index (Phi) is 5.20. The normalized spacial score (nSPS) is 13.1. The third-order valence-corrected chi connectivity index (χ3v) is 3.64. The smallest absolute Gasteiger partial charge is 0.0302 e. The average Bonchev–Trinajstić information content (AvgIpc) is 2.63. The number of aryl methyl sites for hydroxylation is 1. The fraction of sp³-hybridized carbons (Fsp3) is 0.667. The van der Waals surface area contributed by atoms with E-state index >= 15 is 0 Å². The topological polar surface area (TPSA) is 12.0 Å². The van der Waals surface area contributed by atoms with Gasteiger partial charge in [-0.3, -0.25) is 0 Å². The van der Waals surface area contributed by atoms with Crippen LogP contribution < -0.4 is 5.32 Å². The summed E-state index contributed by atoms with van der Waals surface area (Å²) in [6.07, 6.45) is 3.69. The molecule has 1 heterocycles. The first-order chi connectivity index (χ1) is 6.76. The molecule has 1 N–H and O–H groups in total. The van der Waals surface area contributed by atoms with Crippen molar-refractivity contribution >= 4 is 11.3 Å². The van der Waals surface area contributed by atoms with Crippen molar-refractivity contribution in [3.63, 3.8) is 0 Å². The third-order valence-electron chi connectivity index (χ3n) is 2.41. The van der Waals surface area contributed by atoms with Gasteiger partial charge in [-0.15, -0.1) is 11.3 Å². The van der Waals surface area contributed by atoms with Crippen LogP contribution in [0.5, 0.6) is 0 Å². The van der Waals surface area contributed by atoms with Gasteiger partial charge in [-0.2, -0.15) is 0 Å². The van der Waals surface area contributed by atoms with E-state index in [1.54, 1.807) is 0 Å². The van der Waals surface area contributed by atoms with Gasteiger partial charge in [0, 0.05) is 22.3 Å². The van der Waals surface area contributed by atoms with Gasteiger partial charge in [0.1, 0.15) is 0 Å². The molecule has 1 aromatic heterocycles. The highest BCUT2D eigenvalue weighted by molar-refractivity contribution is 7.11. The fourth-order valence-corrected chi connectivity index (χ4v) is 2.43. The molecule has 0 aliphatic heterocycles. The molecule has 1 aromatic rings. The molecule has 0 aliphatic rings. The Morgan fingerprint density at radius 2 is 2.00 bits per heavy atom. The zero-order valence-corrected chi connectivity index (χ0v) is 10.3. The lowest BCUT2D eigenvalue weighted by atomic mass is 10.2. The zero-order valence-electron chi connectivity index (χ0n) is 9.47. The molecule has 0 bridgehead atoms. The van der Waals surface area contributed by atoms with Gasteiger partial charge in [0.15, 0.2) is 0 Å². The van der Waals surface area contributed by atoms with E-state index in [1.165, 1.54) is 22.6 Å². The summed E-state index contributed by atoms with van der Waals surface area (Å²) in [5.74, 6) is 0. The Morgan fingerprint density at radius 3 is 2.57 bits per heavy atom. The molecule has 1 rings (SSSR count). The van der Waals surface area contributed by atoms with Crippen LogP contribution in [0.4, 0.5) is 0 Å². The molecule has 0 amide bonds. The Hall–Kier alpha value is -0.340. The number of nitrogens with one attached hydrogen (secondary N) is 1. The SMILES string of the molecule is CCCC(C)NCc1ccc(CC)s1. The monoisotopic (exact) mass is 211 g/mol. The van der Waals surface area contributed by atoms with Crippen LogP contribution in [0, 0.1) is 0 Å². The van der Waals surface area contributed by atoms with Crippen molar-refractivity contribution in [3.8, 4) is 0 Å². The van der Waals surface area contributed by atoms with Crippen LogP contribution in [0.3, 0.4) is 0 Å². The second-order valence-corrected chi connectivity index (χ2v) is 5.05. The maximum atomic E-state index is 3.55. The van der Waals surface area contributed by atoms with Crippen LogP contribution in [0.1, 0.15) is 43.4 Å². The lowest BCUT2D eigenvalue weighted by Gasteiger charge is -2.11. The summed E-state index contributed by atoms with van der Waals surface area (Å²) in [6, 6.07) is 5.13. The number of rotatable bonds is 6. The molecule has 80 valence electrons. The van der Waals surface area contributed by atoms with Crippen LogP contribution in [-0.4, -0.2) is 6.04 Å². The molecule has 0 saturated heterocycles. The summed E-state index contributed by atoms with van der Waals surface area (Å²) < 4.78 is 0. The predicted molar refractivity (Wildman–Crippen MR) is 64.9 cm³/mol. The van der Waals surface area contributed by atoms with Crippen molar-refractivity contribution in [2.75, 3.05) is 0 Å². The first-order valence-electron chi connectivity index (χ1n) is 5.57. The first kappa shape index (κ1) is 11.7. The highest BCUT2D eigenvalue weighted by Crippen LogP contribution is 2.16. The lowest BCUT2D eigenvalue weighted by molar-refractivity contribution is 0.511. The van der Waals surface area contributed by atoms with Gasteiger partial charge in [0.05, 0.1) is 0 Å². The molecule has 2 heteroatoms. The lowest BCUT2D eigenvalue weighted by Crippen LogP contribution is -2.24. The predicted octanol–water partition coefficient (Wildman–Crippen LogP) is 3.59. The average molecular weight is 211 g/mol. The summed E-state index contributed by atoms with van der Waals surface area (Å²) in [6.45, 7) is 7.74. The third kappa shape index (κ3) is 3.81. The zero-order chi connectivity index (χ0) is 10.4. The summed E-state index contributed by atoms with van der Waals surface area (Å²) in [5, 5.41) is 3.55. The minimum atomic E-state index is 0.646. The van der Waals surface area contributed by atoms with Crippen LogP contribution in [0.25, 0.3) is 0 Å².